The monoisotopic (exact) mass is 327 g/mol. The van der Waals surface area contributed by atoms with E-state index in [1.165, 1.54) is 12.3 Å². The first kappa shape index (κ1) is 15.9. The lowest BCUT2D eigenvalue weighted by molar-refractivity contribution is 0.0951. The lowest BCUT2D eigenvalue weighted by atomic mass is 10.1. The van der Waals surface area contributed by atoms with E-state index < -0.39 is 5.82 Å². The van der Waals surface area contributed by atoms with Gasteiger partial charge in [-0.2, -0.15) is 10.2 Å². The second-order valence-corrected chi connectivity index (χ2v) is 5.70. The van der Waals surface area contributed by atoms with Gasteiger partial charge in [0.25, 0.3) is 5.91 Å². The third kappa shape index (κ3) is 3.19. The van der Waals surface area contributed by atoms with E-state index in [9.17, 15) is 9.18 Å². The van der Waals surface area contributed by atoms with E-state index in [1.54, 1.807) is 18.2 Å². The highest BCUT2D eigenvalue weighted by Crippen LogP contribution is 2.23. The molecule has 7 heteroatoms. The lowest BCUT2D eigenvalue weighted by Crippen LogP contribution is -2.23. The molecule has 0 saturated heterocycles. The molecular formula is C17H18FN5O. The van der Waals surface area contributed by atoms with E-state index in [2.05, 4.69) is 20.6 Å². The fraction of sp³-hybridized carbons (Fsp3) is 0.235. The number of nitrogens with zero attached hydrogens (tertiary/aromatic N) is 3. The molecule has 0 aliphatic rings. The van der Waals surface area contributed by atoms with Crippen molar-refractivity contribution in [1.29, 1.82) is 0 Å². The highest BCUT2D eigenvalue weighted by molar-refractivity contribution is 5.99. The third-order valence-corrected chi connectivity index (χ3v) is 3.65. The molecule has 3 rings (SSSR count). The minimum absolute atomic E-state index is 0.260. The molecule has 1 aromatic carbocycles. The zero-order chi connectivity index (χ0) is 17.1. The van der Waals surface area contributed by atoms with E-state index in [1.807, 2.05) is 30.8 Å². The summed E-state index contributed by atoms with van der Waals surface area (Å²) in [5, 5.41) is 13.7. The number of H-pyrrole nitrogens is 1. The van der Waals surface area contributed by atoms with E-state index in [0.29, 0.717) is 23.4 Å². The van der Waals surface area contributed by atoms with Crippen LogP contribution in [0.15, 0.2) is 42.7 Å². The van der Waals surface area contributed by atoms with Crippen LogP contribution >= 0.6 is 0 Å². The Labute approximate surface area is 138 Å². The number of halogens is 1. The molecule has 3 aromatic rings. The Morgan fingerprint density at radius 3 is 2.83 bits per heavy atom. The molecule has 2 N–H and O–H groups in total. The molecule has 0 spiro atoms. The molecule has 6 nitrogen and oxygen atoms in total. The van der Waals surface area contributed by atoms with Crippen LogP contribution in [0, 0.1) is 5.82 Å². The van der Waals surface area contributed by atoms with Crippen LogP contribution in [-0.4, -0.2) is 25.9 Å². The molecule has 0 unspecified atom stereocenters. The van der Waals surface area contributed by atoms with Crippen LogP contribution in [0.1, 0.15) is 35.9 Å². The van der Waals surface area contributed by atoms with Crippen molar-refractivity contribution in [1.82, 2.24) is 25.3 Å². The molecule has 0 bridgehead atoms. The summed E-state index contributed by atoms with van der Waals surface area (Å²) in [6, 6.07) is 8.36. The Bertz CT molecular complexity index is 852. The number of aromatic amines is 1. The highest BCUT2D eigenvalue weighted by atomic mass is 19.1. The SMILES string of the molecule is CC(C)n1ccc(CNC(=O)c2cn[nH]c2-c2ccccc2F)n1. The Morgan fingerprint density at radius 2 is 2.12 bits per heavy atom. The molecule has 0 atom stereocenters. The predicted octanol–water partition coefficient (Wildman–Crippen LogP) is 2.92. The molecule has 0 radical (unpaired) electrons. The first-order chi connectivity index (χ1) is 11.6. The third-order valence-electron chi connectivity index (χ3n) is 3.65. The smallest absolute Gasteiger partial charge is 0.255 e. The van der Waals surface area contributed by atoms with Gasteiger partial charge in [0.15, 0.2) is 0 Å². The van der Waals surface area contributed by atoms with Gasteiger partial charge < -0.3 is 5.32 Å². The Hall–Kier alpha value is -2.96. The molecule has 0 aliphatic heterocycles. The topological polar surface area (TPSA) is 75.6 Å². The summed E-state index contributed by atoms with van der Waals surface area (Å²) >= 11 is 0. The van der Waals surface area contributed by atoms with Gasteiger partial charge in [-0.3, -0.25) is 14.6 Å². The van der Waals surface area contributed by atoms with Crippen molar-refractivity contribution in [3.05, 3.63) is 59.8 Å². The quantitative estimate of drug-likeness (QED) is 0.756. The van der Waals surface area contributed by atoms with Crippen molar-refractivity contribution >= 4 is 5.91 Å². The zero-order valence-corrected chi connectivity index (χ0v) is 13.5. The number of hydrogen-bond donors (Lipinski definition) is 2. The Morgan fingerprint density at radius 1 is 1.33 bits per heavy atom. The number of carbonyl (C=O) groups excluding carboxylic acids is 1. The summed E-state index contributed by atoms with van der Waals surface area (Å²) in [6.45, 7) is 4.35. The van der Waals surface area contributed by atoms with E-state index in [0.717, 1.165) is 5.69 Å². The largest absolute Gasteiger partial charge is 0.346 e. The van der Waals surface area contributed by atoms with Crippen molar-refractivity contribution in [2.45, 2.75) is 26.4 Å². The minimum atomic E-state index is -0.411. The summed E-state index contributed by atoms with van der Waals surface area (Å²) in [7, 11) is 0. The molecule has 1 amide bonds. The van der Waals surface area contributed by atoms with E-state index in [4.69, 9.17) is 0 Å². The van der Waals surface area contributed by atoms with E-state index >= 15 is 0 Å². The number of nitrogens with one attached hydrogen (secondary N) is 2. The summed E-state index contributed by atoms with van der Waals surface area (Å²) in [6.07, 6.45) is 3.26. The average Bonchev–Trinajstić information content (AvgIpc) is 3.22. The zero-order valence-electron chi connectivity index (χ0n) is 13.5. The second kappa shape index (κ2) is 6.66. The lowest BCUT2D eigenvalue weighted by Gasteiger charge is -2.06. The van der Waals surface area contributed by atoms with Crippen LogP contribution in [0.25, 0.3) is 11.3 Å². The molecule has 24 heavy (non-hydrogen) atoms. The summed E-state index contributed by atoms with van der Waals surface area (Å²) in [5.41, 5.74) is 1.72. The molecule has 0 aliphatic carbocycles. The van der Waals surface area contributed by atoms with Crippen LogP contribution in [0.3, 0.4) is 0 Å². The second-order valence-electron chi connectivity index (χ2n) is 5.70. The van der Waals surface area contributed by atoms with Crippen molar-refractivity contribution in [3.8, 4) is 11.3 Å². The van der Waals surface area contributed by atoms with Gasteiger partial charge in [-0.15, -0.1) is 0 Å². The number of hydrogen-bond acceptors (Lipinski definition) is 3. The Kier molecular flexibility index (Phi) is 4.41. The normalized spacial score (nSPS) is 11.0. The molecular weight excluding hydrogens is 309 g/mol. The van der Waals surface area contributed by atoms with Crippen LogP contribution in [0.2, 0.25) is 0 Å². The number of rotatable bonds is 5. The predicted molar refractivity (Wildman–Crippen MR) is 87.8 cm³/mol. The van der Waals surface area contributed by atoms with E-state index in [-0.39, 0.29) is 11.9 Å². The number of benzene rings is 1. The first-order valence-corrected chi connectivity index (χ1v) is 7.66. The first-order valence-electron chi connectivity index (χ1n) is 7.66. The van der Waals surface area contributed by atoms with Gasteiger partial charge in [-0.25, -0.2) is 4.39 Å². The van der Waals surface area contributed by atoms with Gasteiger partial charge in [-0.1, -0.05) is 12.1 Å². The van der Waals surface area contributed by atoms with Gasteiger partial charge in [0.05, 0.1) is 29.7 Å². The maximum absolute atomic E-state index is 13.9. The molecule has 124 valence electrons. The van der Waals surface area contributed by atoms with Crippen LogP contribution < -0.4 is 5.32 Å². The van der Waals surface area contributed by atoms with Gasteiger partial charge in [-0.05, 0) is 32.0 Å². The van der Waals surface area contributed by atoms with Crippen LogP contribution in [-0.2, 0) is 6.54 Å². The summed E-state index contributed by atoms with van der Waals surface area (Å²) < 4.78 is 15.8. The summed E-state index contributed by atoms with van der Waals surface area (Å²) in [5.74, 6) is -0.743. The minimum Gasteiger partial charge on any atom is -0.346 e. The van der Waals surface area contributed by atoms with Gasteiger partial charge in [0.1, 0.15) is 5.82 Å². The fourth-order valence-electron chi connectivity index (χ4n) is 2.35. The average molecular weight is 327 g/mol. The van der Waals surface area contributed by atoms with Crippen LogP contribution in [0.5, 0.6) is 0 Å². The van der Waals surface area contributed by atoms with Gasteiger partial charge in [0.2, 0.25) is 0 Å². The van der Waals surface area contributed by atoms with Gasteiger partial charge in [0, 0.05) is 17.8 Å². The number of carbonyl (C=O) groups is 1. The number of aromatic nitrogens is 4. The summed E-state index contributed by atoms with van der Waals surface area (Å²) in [4.78, 5) is 12.4. The molecule has 0 fully saturated rings. The highest BCUT2D eigenvalue weighted by Gasteiger charge is 2.17. The van der Waals surface area contributed by atoms with Crippen molar-refractivity contribution in [2.75, 3.05) is 0 Å². The standard InChI is InChI=1S/C17H18FN5O/c1-11(2)23-8-7-12(22-23)9-19-17(24)14-10-20-21-16(14)13-5-3-4-6-15(13)18/h3-8,10-11H,9H2,1-2H3,(H,19,24)(H,20,21). The van der Waals surface area contributed by atoms with Crippen LogP contribution in [0.4, 0.5) is 4.39 Å². The number of amides is 1. The maximum Gasteiger partial charge on any atom is 0.255 e. The van der Waals surface area contributed by atoms with Crippen molar-refractivity contribution in [2.24, 2.45) is 0 Å². The fourth-order valence-corrected chi connectivity index (χ4v) is 2.35. The molecule has 0 saturated carbocycles. The molecule has 2 aromatic heterocycles. The van der Waals surface area contributed by atoms with Gasteiger partial charge >= 0.3 is 0 Å². The van der Waals surface area contributed by atoms with Crippen molar-refractivity contribution in [3.63, 3.8) is 0 Å². The Balaban J connectivity index is 1.74. The van der Waals surface area contributed by atoms with Crippen molar-refractivity contribution < 1.29 is 9.18 Å². The maximum atomic E-state index is 13.9. The molecule has 2 heterocycles.